The van der Waals surface area contributed by atoms with Crippen LogP contribution in [0.1, 0.15) is 18.1 Å². The van der Waals surface area contributed by atoms with E-state index in [9.17, 15) is 18.8 Å². The Kier molecular flexibility index (Phi) is 7.91. The molecule has 0 bridgehead atoms. The normalized spacial score (nSPS) is 12.4. The Morgan fingerprint density at radius 1 is 0.758 bits per heavy atom. The first-order valence-electron chi connectivity index (χ1n) is 10.6. The van der Waals surface area contributed by atoms with Crippen molar-refractivity contribution >= 4 is 17.7 Å². The van der Waals surface area contributed by atoms with E-state index in [1.165, 1.54) is 31.2 Å². The van der Waals surface area contributed by atoms with Crippen LogP contribution < -0.4 is 16.4 Å². The molecular weight excluding hydrogens is 421 g/mol. The molecule has 0 heterocycles. The van der Waals surface area contributed by atoms with E-state index >= 15 is 0 Å². The fourth-order valence-corrected chi connectivity index (χ4v) is 3.51. The molecule has 3 rings (SSSR count). The minimum absolute atomic E-state index is 0.142. The van der Waals surface area contributed by atoms with Gasteiger partial charge in [0.25, 0.3) is 0 Å². The van der Waals surface area contributed by atoms with E-state index in [-0.39, 0.29) is 12.8 Å². The smallest absolute Gasteiger partial charge is 0.243 e. The van der Waals surface area contributed by atoms with Gasteiger partial charge in [-0.2, -0.15) is 0 Å². The van der Waals surface area contributed by atoms with Crippen molar-refractivity contribution in [2.24, 2.45) is 5.73 Å². The van der Waals surface area contributed by atoms with Gasteiger partial charge in [0, 0.05) is 19.8 Å². The Bertz CT molecular complexity index is 1100. The molecule has 7 heteroatoms. The van der Waals surface area contributed by atoms with Gasteiger partial charge in [0.2, 0.25) is 17.7 Å². The van der Waals surface area contributed by atoms with Crippen molar-refractivity contribution in [3.05, 3.63) is 95.8 Å². The molecule has 3 aromatic rings. The van der Waals surface area contributed by atoms with E-state index < -0.39 is 35.6 Å². The van der Waals surface area contributed by atoms with Gasteiger partial charge in [0.1, 0.15) is 17.9 Å². The summed E-state index contributed by atoms with van der Waals surface area (Å²) in [7, 11) is 0. The Balaban J connectivity index is 1.70. The predicted octanol–water partition coefficient (Wildman–Crippen LogP) is 2.75. The summed E-state index contributed by atoms with van der Waals surface area (Å²) >= 11 is 0. The molecule has 3 amide bonds. The van der Waals surface area contributed by atoms with Crippen molar-refractivity contribution < 1.29 is 18.8 Å². The molecular formula is C26H26FN3O3. The third kappa shape index (κ3) is 7.00. The summed E-state index contributed by atoms with van der Waals surface area (Å²) in [6, 6.07) is 21.3. The summed E-state index contributed by atoms with van der Waals surface area (Å²) in [6.45, 7) is 1.30. The molecule has 0 saturated heterocycles. The molecule has 0 radical (unpaired) electrons. The van der Waals surface area contributed by atoms with Crippen LogP contribution in [0.25, 0.3) is 11.1 Å². The molecule has 3 aromatic carbocycles. The monoisotopic (exact) mass is 447 g/mol. The van der Waals surface area contributed by atoms with Crippen molar-refractivity contribution in [2.75, 3.05) is 0 Å². The number of benzene rings is 3. The molecule has 0 aliphatic rings. The standard InChI is InChI=1S/C26H26FN3O3/c1-17(31)29-24(16-19-9-13-22(27)14-10-19)26(33)30-23(25(28)32)15-18-7-11-21(12-8-18)20-5-3-2-4-6-20/h2-14,23-24H,15-16H2,1H3,(H2,28,32)(H,29,31)(H,30,33)/t23-,24+/m0/s1. The first kappa shape index (κ1) is 23.7. The van der Waals surface area contributed by atoms with Crippen LogP contribution in [0.4, 0.5) is 4.39 Å². The fraction of sp³-hybridized carbons (Fsp3) is 0.192. The summed E-state index contributed by atoms with van der Waals surface area (Å²) in [5.74, 6) is -2.02. The number of carbonyl (C=O) groups excluding carboxylic acids is 3. The van der Waals surface area contributed by atoms with Gasteiger partial charge in [-0.25, -0.2) is 4.39 Å². The maximum atomic E-state index is 13.2. The van der Waals surface area contributed by atoms with E-state index in [0.717, 1.165) is 16.7 Å². The van der Waals surface area contributed by atoms with Crippen LogP contribution in [0.5, 0.6) is 0 Å². The largest absolute Gasteiger partial charge is 0.368 e. The first-order chi connectivity index (χ1) is 15.8. The van der Waals surface area contributed by atoms with Crippen molar-refractivity contribution in [1.29, 1.82) is 0 Å². The number of carbonyl (C=O) groups is 3. The van der Waals surface area contributed by atoms with Crippen LogP contribution in [0, 0.1) is 5.82 Å². The highest BCUT2D eigenvalue weighted by Crippen LogP contribution is 2.19. The molecule has 170 valence electrons. The Morgan fingerprint density at radius 2 is 1.27 bits per heavy atom. The van der Waals surface area contributed by atoms with Crippen LogP contribution in [-0.4, -0.2) is 29.8 Å². The molecule has 6 nitrogen and oxygen atoms in total. The second-order valence-electron chi connectivity index (χ2n) is 7.81. The zero-order valence-corrected chi connectivity index (χ0v) is 18.3. The van der Waals surface area contributed by atoms with Gasteiger partial charge in [-0.05, 0) is 34.4 Å². The lowest BCUT2D eigenvalue weighted by Gasteiger charge is -2.22. The number of primary amides is 1. The van der Waals surface area contributed by atoms with Crippen molar-refractivity contribution in [1.82, 2.24) is 10.6 Å². The number of rotatable bonds is 9. The van der Waals surface area contributed by atoms with E-state index in [4.69, 9.17) is 5.73 Å². The molecule has 0 aliphatic carbocycles. The van der Waals surface area contributed by atoms with Crippen LogP contribution in [0.3, 0.4) is 0 Å². The molecule has 4 N–H and O–H groups in total. The number of hydrogen-bond acceptors (Lipinski definition) is 3. The predicted molar refractivity (Wildman–Crippen MR) is 124 cm³/mol. The van der Waals surface area contributed by atoms with Crippen LogP contribution in [0.2, 0.25) is 0 Å². The molecule has 0 spiro atoms. The summed E-state index contributed by atoms with van der Waals surface area (Å²) in [5.41, 5.74) is 9.14. The first-order valence-corrected chi connectivity index (χ1v) is 10.6. The van der Waals surface area contributed by atoms with Crippen molar-refractivity contribution in [3.8, 4) is 11.1 Å². The average Bonchev–Trinajstić information content (AvgIpc) is 2.80. The highest BCUT2D eigenvalue weighted by molar-refractivity contribution is 5.91. The third-order valence-corrected chi connectivity index (χ3v) is 5.21. The van der Waals surface area contributed by atoms with E-state index in [2.05, 4.69) is 10.6 Å². The molecule has 0 saturated carbocycles. The molecule has 0 fully saturated rings. The van der Waals surface area contributed by atoms with Gasteiger partial charge in [-0.15, -0.1) is 0 Å². The number of nitrogens with two attached hydrogens (primary N) is 1. The minimum atomic E-state index is -0.954. The zero-order valence-electron chi connectivity index (χ0n) is 18.3. The average molecular weight is 448 g/mol. The maximum absolute atomic E-state index is 13.2. The zero-order chi connectivity index (χ0) is 23.8. The Hall–Kier alpha value is -4.00. The van der Waals surface area contributed by atoms with Gasteiger partial charge in [0.05, 0.1) is 0 Å². The van der Waals surface area contributed by atoms with E-state index in [1.54, 1.807) is 0 Å². The second-order valence-corrected chi connectivity index (χ2v) is 7.81. The quantitative estimate of drug-likeness (QED) is 0.470. The number of halogens is 1. The van der Waals surface area contributed by atoms with E-state index in [0.29, 0.717) is 5.56 Å². The van der Waals surface area contributed by atoms with Gasteiger partial charge in [0.15, 0.2) is 0 Å². The van der Waals surface area contributed by atoms with Crippen molar-refractivity contribution in [2.45, 2.75) is 31.8 Å². The summed E-state index contributed by atoms with van der Waals surface area (Å²) in [6.07, 6.45) is 0.350. The molecule has 0 aromatic heterocycles. The lowest BCUT2D eigenvalue weighted by atomic mass is 9.99. The molecule has 2 atom stereocenters. The minimum Gasteiger partial charge on any atom is -0.368 e. The molecule has 33 heavy (non-hydrogen) atoms. The van der Waals surface area contributed by atoms with Crippen LogP contribution in [-0.2, 0) is 27.2 Å². The second kappa shape index (κ2) is 11.0. The lowest BCUT2D eigenvalue weighted by Crippen LogP contribution is -2.54. The highest BCUT2D eigenvalue weighted by Gasteiger charge is 2.25. The van der Waals surface area contributed by atoms with Gasteiger partial charge < -0.3 is 16.4 Å². The Labute approximate surface area is 192 Å². The maximum Gasteiger partial charge on any atom is 0.243 e. The topological polar surface area (TPSA) is 101 Å². The lowest BCUT2D eigenvalue weighted by molar-refractivity contribution is -0.130. The van der Waals surface area contributed by atoms with Crippen LogP contribution in [0.15, 0.2) is 78.9 Å². The molecule has 0 aliphatic heterocycles. The molecule has 0 unspecified atom stereocenters. The van der Waals surface area contributed by atoms with E-state index in [1.807, 2.05) is 54.6 Å². The Morgan fingerprint density at radius 3 is 1.82 bits per heavy atom. The van der Waals surface area contributed by atoms with Gasteiger partial charge in [-0.3, -0.25) is 14.4 Å². The highest BCUT2D eigenvalue weighted by atomic mass is 19.1. The van der Waals surface area contributed by atoms with Gasteiger partial charge >= 0.3 is 0 Å². The SMILES string of the molecule is CC(=O)N[C@H](Cc1ccc(F)cc1)C(=O)N[C@@H](Cc1ccc(-c2ccccc2)cc1)C(N)=O. The summed E-state index contributed by atoms with van der Waals surface area (Å²) in [4.78, 5) is 36.6. The number of nitrogens with one attached hydrogen (secondary N) is 2. The summed E-state index contributed by atoms with van der Waals surface area (Å²) in [5, 5.41) is 5.23. The third-order valence-electron chi connectivity index (χ3n) is 5.21. The number of hydrogen-bond donors (Lipinski definition) is 3. The fourth-order valence-electron chi connectivity index (χ4n) is 3.51. The van der Waals surface area contributed by atoms with Gasteiger partial charge in [-0.1, -0.05) is 66.7 Å². The summed E-state index contributed by atoms with van der Waals surface area (Å²) < 4.78 is 13.2. The number of amides is 3. The van der Waals surface area contributed by atoms with Crippen LogP contribution >= 0.6 is 0 Å². The van der Waals surface area contributed by atoms with Crippen molar-refractivity contribution in [3.63, 3.8) is 0 Å².